The van der Waals surface area contributed by atoms with Gasteiger partial charge < -0.3 is 16.0 Å². The molecule has 25 heavy (non-hydrogen) atoms. The van der Waals surface area contributed by atoms with Crippen LogP contribution in [0.1, 0.15) is 12.0 Å². The van der Waals surface area contributed by atoms with E-state index in [0.29, 0.717) is 12.2 Å². The molecule has 0 bridgehead atoms. The maximum atomic E-state index is 12.8. The van der Waals surface area contributed by atoms with Gasteiger partial charge in [0, 0.05) is 37.6 Å². The molecule has 1 heterocycles. The van der Waals surface area contributed by atoms with E-state index >= 15 is 0 Å². The van der Waals surface area contributed by atoms with Crippen LogP contribution in [0.5, 0.6) is 0 Å². The van der Waals surface area contributed by atoms with Crippen LogP contribution in [0.2, 0.25) is 0 Å². The second-order valence-corrected chi connectivity index (χ2v) is 5.10. The largest absolute Gasteiger partial charge is 0.352 e. The third kappa shape index (κ3) is 6.38. The lowest BCUT2D eigenvalue weighted by atomic mass is 10.2. The van der Waals surface area contributed by atoms with Crippen LogP contribution >= 0.6 is 0 Å². The SMILES string of the molecule is O=C(CCNC(=O)C(=O)Nc1ccc(F)cc1)NCc1ccncc1. The normalized spacial score (nSPS) is 9.96. The van der Waals surface area contributed by atoms with Crippen LogP contribution in [0.3, 0.4) is 0 Å². The molecule has 0 spiro atoms. The quantitative estimate of drug-likeness (QED) is 0.680. The number of aromatic nitrogens is 1. The number of nitrogens with one attached hydrogen (secondary N) is 3. The van der Waals surface area contributed by atoms with E-state index in [2.05, 4.69) is 20.9 Å². The number of carbonyl (C=O) groups excluding carboxylic acids is 3. The van der Waals surface area contributed by atoms with E-state index in [1.165, 1.54) is 24.3 Å². The van der Waals surface area contributed by atoms with Gasteiger partial charge in [-0.25, -0.2) is 4.39 Å². The summed E-state index contributed by atoms with van der Waals surface area (Å²) in [6.07, 6.45) is 3.30. The van der Waals surface area contributed by atoms with Gasteiger partial charge >= 0.3 is 11.8 Å². The molecule has 3 N–H and O–H groups in total. The molecule has 3 amide bonds. The van der Waals surface area contributed by atoms with Gasteiger partial charge in [-0.2, -0.15) is 0 Å². The zero-order valence-electron chi connectivity index (χ0n) is 13.3. The summed E-state index contributed by atoms with van der Waals surface area (Å²) in [4.78, 5) is 38.9. The lowest BCUT2D eigenvalue weighted by Gasteiger charge is -2.07. The number of benzene rings is 1. The topological polar surface area (TPSA) is 100 Å². The van der Waals surface area contributed by atoms with Crippen molar-refractivity contribution in [3.05, 3.63) is 60.2 Å². The highest BCUT2D eigenvalue weighted by Gasteiger charge is 2.13. The van der Waals surface area contributed by atoms with E-state index in [9.17, 15) is 18.8 Å². The lowest BCUT2D eigenvalue weighted by molar-refractivity contribution is -0.136. The number of pyridine rings is 1. The average molecular weight is 344 g/mol. The Kier molecular flexibility index (Phi) is 6.58. The van der Waals surface area contributed by atoms with Crippen molar-refractivity contribution in [3.8, 4) is 0 Å². The van der Waals surface area contributed by atoms with Gasteiger partial charge in [0.05, 0.1) is 0 Å². The molecule has 0 aliphatic rings. The number of hydrogen-bond acceptors (Lipinski definition) is 4. The number of anilines is 1. The smallest absolute Gasteiger partial charge is 0.313 e. The molecule has 0 radical (unpaired) electrons. The monoisotopic (exact) mass is 344 g/mol. The summed E-state index contributed by atoms with van der Waals surface area (Å²) in [5.74, 6) is -2.45. The highest BCUT2D eigenvalue weighted by Crippen LogP contribution is 2.07. The lowest BCUT2D eigenvalue weighted by Crippen LogP contribution is -2.37. The van der Waals surface area contributed by atoms with Gasteiger partial charge in [0.15, 0.2) is 0 Å². The summed E-state index contributed by atoms with van der Waals surface area (Å²) >= 11 is 0. The fourth-order valence-corrected chi connectivity index (χ4v) is 1.88. The van der Waals surface area contributed by atoms with Gasteiger partial charge in [0.25, 0.3) is 0 Å². The van der Waals surface area contributed by atoms with E-state index in [-0.39, 0.29) is 18.9 Å². The first-order valence-electron chi connectivity index (χ1n) is 7.55. The molecular formula is C17H17FN4O3. The summed E-state index contributed by atoms with van der Waals surface area (Å²) in [5.41, 5.74) is 1.21. The highest BCUT2D eigenvalue weighted by molar-refractivity contribution is 6.39. The summed E-state index contributed by atoms with van der Waals surface area (Å²) < 4.78 is 12.8. The van der Waals surface area contributed by atoms with Crippen molar-refractivity contribution in [2.45, 2.75) is 13.0 Å². The summed E-state index contributed by atoms with van der Waals surface area (Å²) in [6.45, 7) is 0.387. The average Bonchev–Trinajstić information content (AvgIpc) is 2.62. The third-order valence-electron chi connectivity index (χ3n) is 3.18. The fourth-order valence-electron chi connectivity index (χ4n) is 1.88. The van der Waals surface area contributed by atoms with Crippen LogP contribution in [-0.4, -0.2) is 29.3 Å². The number of halogens is 1. The zero-order valence-corrected chi connectivity index (χ0v) is 13.3. The molecule has 2 aromatic rings. The Balaban J connectivity index is 1.66. The predicted octanol–water partition coefficient (Wildman–Crippen LogP) is 0.982. The molecule has 0 saturated carbocycles. The van der Waals surface area contributed by atoms with E-state index in [1.54, 1.807) is 24.5 Å². The Labute approximate surface area is 143 Å². The number of hydrogen-bond donors (Lipinski definition) is 3. The molecule has 0 saturated heterocycles. The van der Waals surface area contributed by atoms with E-state index in [4.69, 9.17) is 0 Å². The molecule has 130 valence electrons. The third-order valence-corrected chi connectivity index (χ3v) is 3.18. The number of carbonyl (C=O) groups is 3. The summed E-state index contributed by atoms with van der Waals surface area (Å²) in [7, 11) is 0. The van der Waals surface area contributed by atoms with Crippen molar-refractivity contribution in [2.24, 2.45) is 0 Å². The minimum atomic E-state index is -0.885. The van der Waals surface area contributed by atoms with Crippen LogP contribution < -0.4 is 16.0 Å². The molecule has 0 aliphatic carbocycles. The maximum Gasteiger partial charge on any atom is 0.313 e. The first kappa shape index (κ1) is 18.1. The molecule has 1 aromatic carbocycles. The Morgan fingerprint density at radius 2 is 1.60 bits per heavy atom. The molecule has 0 fully saturated rings. The molecule has 2 rings (SSSR count). The molecule has 0 unspecified atom stereocenters. The van der Waals surface area contributed by atoms with Crippen molar-refractivity contribution in [1.29, 1.82) is 0 Å². The second kappa shape index (κ2) is 9.11. The number of rotatable bonds is 6. The van der Waals surface area contributed by atoms with Crippen molar-refractivity contribution in [3.63, 3.8) is 0 Å². The molecular weight excluding hydrogens is 327 g/mol. The molecule has 1 aromatic heterocycles. The van der Waals surface area contributed by atoms with Crippen LogP contribution in [0, 0.1) is 5.82 Å². The Morgan fingerprint density at radius 1 is 0.920 bits per heavy atom. The van der Waals surface area contributed by atoms with E-state index in [1.807, 2.05) is 0 Å². The first-order chi connectivity index (χ1) is 12.0. The summed E-state index contributed by atoms with van der Waals surface area (Å²) in [5, 5.41) is 7.37. The second-order valence-electron chi connectivity index (χ2n) is 5.10. The van der Waals surface area contributed by atoms with Crippen LogP contribution in [-0.2, 0) is 20.9 Å². The first-order valence-corrected chi connectivity index (χ1v) is 7.55. The van der Waals surface area contributed by atoms with Crippen molar-refractivity contribution >= 4 is 23.4 Å². The molecule has 0 aliphatic heterocycles. The van der Waals surface area contributed by atoms with Crippen LogP contribution in [0.15, 0.2) is 48.8 Å². The Hall–Kier alpha value is -3.29. The van der Waals surface area contributed by atoms with Crippen LogP contribution in [0.25, 0.3) is 0 Å². The highest BCUT2D eigenvalue weighted by atomic mass is 19.1. The van der Waals surface area contributed by atoms with Gasteiger partial charge in [0.1, 0.15) is 5.82 Å². The number of amides is 3. The zero-order chi connectivity index (χ0) is 18.1. The number of nitrogens with zero attached hydrogens (tertiary/aromatic N) is 1. The van der Waals surface area contributed by atoms with Gasteiger partial charge in [-0.15, -0.1) is 0 Å². The van der Waals surface area contributed by atoms with E-state index < -0.39 is 17.6 Å². The molecule has 8 heteroatoms. The molecule has 0 atom stereocenters. The molecule has 7 nitrogen and oxygen atoms in total. The van der Waals surface area contributed by atoms with Gasteiger partial charge in [-0.1, -0.05) is 0 Å². The van der Waals surface area contributed by atoms with Crippen LogP contribution in [0.4, 0.5) is 10.1 Å². The van der Waals surface area contributed by atoms with Crippen molar-refractivity contribution in [2.75, 3.05) is 11.9 Å². The Bertz CT molecular complexity index is 735. The van der Waals surface area contributed by atoms with Crippen molar-refractivity contribution < 1.29 is 18.8 Å². The van der Waals surface area contributed by atoms with Gasteiger partial charge in [-0.05, 0) is 42.0 Å². The summed E-state index contributed by atoms with van der Waals surface area (Å²) in [6, 6.07) is 8.57. The van der Waals surface area contributed by atoms with Gasteiger partial charge in [0.2, 0.25) is 5.91 Å². The minimum absolute atomic E-state index is 0.0256. The standard InChI is InChI=1S/C17H17FN4O3/c18-13-1-3-14(4-2-13)22-17(25)16(24)20-10-7-15(23)21-11-12-5-8-19-9-6-12/h1-6,8-9H,7,10-11H2,(H,20,24)(H,21,23)(H,22,25). The van der Waals surface area contributed by atoms with E-state index in [0.717, 1.165) is 5.56 Å². The minimum Gasteiger partial charge on any atom is -0.352 e. The predicted molar refractivity (Wildman–Crippen MR) is 88.7 cm³/mol. The Morgan fingerprint density at radius 3 is 2.28 bits per heavy atom. The van der Waals surface area contributed by atoms with Gasteiger partial charge in [-0.3, -0.25) is 19.4 Å². The fraction of sp³-hybridized carbons (Fsp3) is 0.176. The maximum absolute atomic E-state index is 12.8. The van der Waals surface area contributed by atoms with Crippen molar-refractivity contribution in [1.82, 2.24) is 15.6 Å².